The molecule has 0 unspecified atom stereocenters. The van der Waals surface area contributed by atoms with Gasteiger partial charge in [0.15, 0.2) is 16.0 Å². The predicted molar refractivity (Wildman–Crippen MR) is 67.9 cm³/mol. The van der Waals surface area contributed by atoms with Crippen molar-refractivity contribution in [2.45, 2.75) is 9.92 Å². The molecule has 0 aliphatic carbocycles. The van der Waals surface area contributed by atoms with E-state index in [2.05, 4.69) is 30.1 Å². The molecule has 3 heterocycles. The fourth-order valence-electron chi connectivity index (χ4n) is 1.33. The molecule has 0 aliphatic heterocycles. The average Bonchev–Trinajstić information content (AvgIpc) is 2.83. The maximum absolute atomic E-state index is 5.95. The number of nitrogens with zero attached hydrogens (tertiary/aromatic N) is 5. The Morgan fingerprint density at radius 2 is 2.00 bits per heavy atom. The Balaban J connectivity index is 2.06. The molecule has 0 radical (unpaired) electrons. The molecule has 0 aromatic carbocycles. The second-order valence-corrected chi connectivity index (χ2v) is 4.98. The maximum Gasteiger partial charge on any atom is 0.181 e. The Morgan fingerprint density at radius 3 is 2.89 bits per heavy atom. The molecule has 0 amide bonds. The van der Waals surface area contributed by atoms with Gasteiger partial charge < -0.3 is 4.98 Å². The number of rotatable bonds is 2. The van der Waals surface area contributed by atoms with Crippen LogP contribution in [-0.4, -0.2) is 30.1 Å². The van der Waals surface area contributed by atoms with Crippen LogP contribution in [0.5, 0.6) is 0 Å². The van der Waals surface area contributed by atoms with Crippen LogP contribution in [0.3, 0.4) is 0 Å². The Bertz CT molecular complexity index is 715. The standard InChI is InChI=1S/C9H4Cl2N6S/c10-5-1-4(7(11)17-16-5)18-9-6-8(13-2-12-6)14-3-15-9/h1-3H,(H,12,13,14,15). The third-order valence-electron chi connectivity index (χ3n) is 2.08. The zero-order valence-corrected chi connectivity index (χ0v) is 11.0. The molecule has 18 heavy (non-hydrogen) atoms. The maximum atomic E-state index is 5.95. The van der Waals surface area contributed by atoms with Crippen LogP contribution in [0.1, 0.15) is 0 Å². The molecule has 9 heteroatoms. The van der Waals surface area contributed by atoms with Crippen LogP contribution in [0.25, 0.3) is 11.2 Å². The van der Waals surface area contributed by atoms with Crippen molar-refractivity contribution in [2.75, 3.05) is 0 Å². The van der Waals surface area contributed by atoms with Crippen LogP contribution >= 0.6 is 35.0 Å². The van der Waals surface area contributed by atoms with Gasteiger partial charge in [-0.1, -0.05) is 35.0 Å². The van der Waals surface area contributed by atoms with E-state index in [1.54, 1.807) is 12.4 Å². The number of imidazole rings is 1. The molecule has 3 aromatic heterocycles. The second-order valence-electron chi connectivity index (χ2n) is 3.20. The number of halogens is 2. The molecule has 0 bridgehead atoms. The van der Waals surface area contributed by atoms with E-state index in [1.807, 2.05) is 0 Å². The molecule has 0 aliphatic rings. The van der Waals surface area contributed by atoms with Crippen molar-refractivity contribution in [2.24, 2.45) is 0 Å². The van der Waals surface area contributed by atoms with Gasteiger partial charge in [0.2, 0.25) is 0 Å². The zero-order chi connectivity index (χ0) is 12.5. The fraction of sp³-hybridized carbons (Fsp3) is 0. The van der Waals surface area contributed by atoms with Gasteiger partial charge in [-0.25, -0.2) is 15.0 Å². The number of hydrogen-bond acceptors (Lipinski definition) is 6. The van der Waals surface area contributed by atoms with Gasteiger partial charge in [0.1, 0.15) is 16.9 Å². The lowest BCUT2D eigenvalue weighted by atomic mass is 10.6. The summed E-state index contributed by atoms with van der Waals surface area (Å²) in [6, 6.07) is 1.63. The Hall–Kier alpha value is -1.44. The van der Waals surface area contributed by atoms with Crippen LogP contribution in [0.15, 0.2) is 28.6 Å². The van der Waals surface area contributed by atoms with E-state index in [9.17, 15) is 0 Å². The van der Waals surface area contributed by atoms with Gasteiger partial charge in [0.25, 0.3) is 0 Å². The number of fused-ring (bicyclic) bond motifs is 1. The minimum absolute atomic E-state index is 0.274. The molecule has 0 saturated carbocycles. The fourth-order valence-corrected chi connectivity index (χ4v) is 2.61. The van der Waals surface area contributed by atoms with Crippen molar-refractivity contribution in [1.29, 1.82) is 0 Å². The Labute approximate surface area is 115 Å². The molecule has 0 atom stereocenters. The van der Waals surface area contributed by atoms with Crippen LogP contribution in [0, 0.1) is 0 Å². The van der Waals surface area contributed by atoms with Crippen LogP contribution in [0.2, 0.25) is 10.3 Å². The minimum atomic E-state index is 0.274. The van der Waals surface area contributed by atoms with Gasteiger partial charge in [0.05, 0.1) is 11.2 Å². The van der Waals surface area contributed by atoms with Gasteiger partial charge in [-0.05, 0) is 6.07 Å². The number of nitrogens with one attached hydrogen (secondary N) is 1. The van der Waals surface area contributed by atoms with Gasteiger partial charge in [-0.2, -0.15) is 0 Å². The van der Waals surface area contributed by atoms with Crippen molar-refractivity contribution in [3.05, 3.63) is 29.0 Å². The summed E-state index contributed by atoms with van der Waals surface area (Å²) >= 11 is 13.1. The quantitative estimate of drug-likeness (QED) is 0.733. The van der Waals surface area contributed by atoms with Crippen LogP contribution in [0.4, 0.5) is 0 Å². The van der Waals surface area contributed by atoms with E-state index < -0.39 is 0 Å². The van der Waals surface area contributed by atoms with Crippen molar-refractivity contribution >= 4 is 46.1 Å². The van der Waals surface area contributed by atoms with Crippen molar-refractivity contribution in [3.63, 3.8) is 0 Å². The first-order chi connectivity index (χ1) is 8.74. The summed E-state index contributed by atoms with van der Waals surface area (Å²) in [4.78, 5) is 15.9. The van der Waals surface area contributed by atoms with E-state index in [0.717, 1.165) is 5.52 Å². The highest BCUT2D eigenvalue weighted by Gasteiger charge is 2.11. The summed E-state index contributed by atoms with van der Waals surface area (Å²) in [5.74, 6) is 0. The lowest BCUT2D eigenvalue weighted by Gasteiger charge is -2.02. The Morgan fingerprint density at radius 1 is 1.11 bits per heavy atom. The second kappa shape index (κ2) is 4.68. The lowest BCUT2D eigenvalue weighted by Crippen LogP contribution is -1.89. The summed E-state index contributed by atoms with van der Waals surface area (Å²) in [5, 5.41) is 8.63. The van der Waals surface area contributed by atoms with E-state index in [0.29, 0.717) is 15.6 Å². The van der Waals surface area contributed by atoms with E-state index >= 15 is 0 Å². The molecule has 3 aromatic rings. The molecule has 3 rings (SSSR count). The number of hydrogen-bond donors (Lipinski definition) is 1. The van der Waals surface area contributed by atoms with E-state index in [-0.39, 0.29) is 10.3 Å². The number of aromatic nitrogens is 6. The van der Waals surface area contributed by atoms with Gasteiger partial charge in [0, 0.05) is 0 Å². The highest BCUT2D eigenvalue weighted by Crippen LogP contribution is 2.34. The topological polar surface area (TPSA) is 80.2 Å². The zero-order valence-electron chi connectivity index (χ0n) is 8.63. The van der Waals surface area contributed by atoms with Crippen LogP contribution < -0.4 is 0 Å². The van der Waals surface area contributed by atoms with Crippen LogP contribution in [-0.2, 0) is 0 Å². The molecule has 0 spiro atoms. The van der Waals surface area contributed by atoms with Gasteiger partial charge in [-0.15, -0.1) is 10.2 Å². The molecule has 90 valence electrons. The summed E-state index contributed by atoms with van der Waals surface area (Å²) < 4.78 is 0. The molecular formula is C9H4Cl2N6S. The monoisotopic (exact) mass is 298 g/mol. The first kappa shape index (κ1) is 11.6. The largest absolute Gasteiger partial charge is 0.341 e. The Kier molecular flexibility index (Phi) is 3.02. The normalized spacial score (nSPS) is 11.0. The highest BCUT2D eigenvalue weighted by atomic mass is 35.5. The first-order valence-electron chi connectivity index (χ1n) is 4.74. The average molecular weight is 299 g/mol. The number of aromatic amines is 1. The SMILES string of the molecule is Clc1cc(Sc2ncnc3nc[nH]c23)c(Cl)nn1. The van der Waals surface area contributed by atoms with Gasteiger partial charge >= 0.3 is 0 Å². The summed E-state index contributed by atoms with van der Waals surface area (Å²) in [6.45, 7) is 0. The summed E-state index contributed by atoms with van der Waals surface area (Å²) in [7, 11) is 0. The molecule has 6 nitrogen and oxygen atoms in total. The molecular weight excluding hydrogens is 295 g/mol. The molecule has 0 saturated heterocycles. The summed E-state index contributed by atoms with van der Waals surface area (Å²) in [5.41, 5.74) is 1.34. The van der Waals surface area contributed by atoms with Crippen molar-refractivity contribution in [1.82, 2.24) is 30.1 Å². The third kappa shape index (κ3) is 2.12. The molecule has 1 N–H and O–H groups in total. The predicted octanol–water partition coefficient (Wildman–Crippen LogP) is 2.60. The van der Waals surface area contributed by atoms with E-state index in [4.69, 9.17) is 23.2 Å². The first-order valence-corrected chi connectivity index (χ1v) is 6.32. The molecule has 0 fully saturated rings. The third-order valence-corrected chi connectivity index (χ3v) is 3.69. The highest BCUT2D eigenvalue weighted by molar-refractivity contribution is 7.99. The summed E-state index contributed by atoms with van der Waals surface area (Å²) in [6.07, 6.45) is 3.00. The lowest BCUT2D eigenvalue weighted by molar-refractivity contribution is 0.995. The smallest absolute Gasteiger partial charge is 0.181 e. The van der Waals surface area contributed by atoms with E-state index in [1.165, 1.54) is 18.1 Å². The van der Waals surface area contributed by atoms with Gasteiger partial charge in [-0.3, -0.25) is 0 Å². The van der Waals surface area contributed by atoms with Crippen molar-refractivity contribution < 1.29 is 0 Å². The van der Waals surface area contributed by atoms with Crippen molar-refractivity contribution in [3.8, 4) is 0 Å². The minimum Gasteiger partial charge on any atom is -0.341 e. The number of H-pyrrole nitrogens is 1.